The number of unbranched alkanes of at least 4 members (excludes halogenated alkanes) is 31. The number of quaternary nitrogens is 1. The average molecular weight is 1020 g/mol. The highest BCUT2D eigenvalue weighted by atomic mass is 31.2. The number of phosphoric acid groups is 1. The predicted octanol–water partition coefficient (Wildman–Crippen LogP) is 17.3. The summed E-state index contributed by atoms with van der Waals surface area (Å²) in [6.45, 7) is 6.70. The SMILES string of the molecule is CC/C=C/C=C/C=C\CCCCCCCC(=O)NC(COP(=O)([O-])OCC[N+](C)(C)C)C(/C=C\CCCCCCCCCCCCC)OC(=O)CCCCCCCCCCC/C=C/CCCCCCCC. The maximum atomic E-state index is 13.5. The van der Waals surface area contributed by atoms with Crippen LogP contribution in [0, 0.1) is 0 Å². The summed E-state index contributed by atoms with van der Waals surface area (Å²) in [5.41, 5.74) is 0. The summed E-state index contributed by atoms with van der Waals surface area (Å²) in [7, 11) is 1.17. The summed E-state index contributed by atoms with van der Waals surface area (Å²) in [5.74, 6) is -0.564. The minimum absolute atomic E-state index is 0.0280. The molecule has 71 heavy (non-hydrogen) atoms. The monoisotopic (exact) mass is 1020 g/mol. The van der Waals surface area contributed by atoms with Gasteiger partial charge in [-0.3, -0.25) is 14.2 Å². The molecule has 0 aliphatic carbocycles. The van der Waals surface area contributed by atoms with Gasteiger partial charge in [-0.15, -0.1) is 0 Å². The smallest absolute Gasteiger partial charge is 0.306 e. The Morgan fingerprint density at radius 3 is 1.38 bits per heavy atom. The Balaban J connectivity index is 5.32. The number of carbonyl (C=O) groups is 2. The first kappa shape index (κ1) is 68.7. The van der Waals surface area contributed by atoms with Crippen LogP contribution in [-0.2, 0) is 27.9 Å². The number of rotatable bonds is 53. The molecule has 0 bridgehead atoms. The molecule has 0 saturated carbocycles. The molecule has 1 amide bonds. The van der Waals surface area contributed by atoms with Gasteiger partial charge >= 0.3 is 5.97 Å². The zero-order chi connectivity index (χ0) is 52.2. The lowest BCUT2D eigenvalue weighted by Gasteiger charge is -2.30. The number of nitrogens with zero attached hydrogens (tertiary/aromatic N) is 1. The Bertz CT molecular complexity index is 1400. The molecule has 0 aliphatic rings. The molecular formula is C61H113N2O7P. The molecule has 0 aliphatic heterocycles. The van der Waals surface area contributed by atoms with E-state index in [0.29, 0.717) is 23.9 Å². The number of phosphoric ester groups is 1. The summed E-state index contributed by atoms with van der Waals surface area (Å²) in [6.07, 6.45) is 63.3. The minimum atomic E-state index is -4.70. The van der Waals surface area contributed by atoms with Crippen LogP contribution in [0.5, 0.6) is 0 Å². The molecule has 1 N–H and O–H groups in total. The molecule has 10 heteroatoms. The summed E-state index contributed by atoms with van der Waals surface area (Å²) < 4.78 is 30.2. The third-order valence-corrected chi connectivity index (χ3v) is 14.0. The normalized spacial score (nSPS) is 14.2. The number of likely N-dealkylation sites (N-methyl/N-ethyl adjacent to an activating group) is 1. The largest absolute Gasteiger partial charge is 0.756 e. The van der Waals surface area contributed by atoms with Crippen molar-refractivity contribution >= 4 is 19.7 Å². The number of amides is 1. The van der Waals surface area contributed by atoms with E-state index >= 15 is 0 Å². The molecule has 0 spiro atoms. The Kier molecular flexibility index (Phi) is 49.6. The summed E-state index contributed by atoms with van der Waals surface area (Å²) in [4.78, 5) is 39.9. The third kappa shape index (κ3) is 52.4. The number of hydrogen-bond acceptors (Lipinski definition) is 7. The number of ether oxygens (including phenoxy) is 1. The van der Waals surface area contributed by atoms with Crippen molar-refractivity contribution in [2.75, 3.05) is 40.9 Å². The first-order valence-corrected chi connectivity index (χ1v) is 31.1. The van der Waals surface area contributed by atoms with E-state index in [9.17, 15) is 19.0 Å². The Morgan fingerprint density at radius 2 is 0.915 bits per heavy atom. The fourth-order valence-corrected chi connectivity index (χ4v) is 9.12. The van der Waals surface area contributed by atoms with Gasteiger partial charge in [-0.05, 0) is 76.7 Å². The van der Waals surface area contributed by atoms with E-state index in [2.05, 4.69) is 68.6 Å². The quantitative estimate of drug-likeness (QED) is 0.0161. The van der Waals surface area contributed by atoms with Crippen LogP contribution < -0.4 is 10.2 Å². The molecule has 3 atom stereocenters. The van der Waals surface area contributed by atoms with Gasteiger partial charge in [0.15, 0.2) is 0 Å². The maximum Gasteiger partial charge on any atom is 0.306 e. The number of esters is 1. The van der Waals surface area contributed by atoms with Gasteiger partial charge in [-0.25, -0.2) is 0 Å². The van der Waals surface area contributed by atoms with Gasteiger partial charge in [0.25, 0.3) is 7.82 Å². The van der Waals surface area contributed by atoms with Crippen molar-refractivity contribution in [1.29, 1.82) is 0 Å². The van der Waals surface area contributed by atoms with Gasteiger partial charge < -0.3 is 28.5 Å². The fourth-order valence-electron chi connectivity index (χ4n) is 8.40. The van der Waals surface area contributed by atoms with Crippen molar-refractivity contribution in [2.24, 2.45) is 0 Å². The minimum Gasteiger partial charge on any atom is -0.756 e. The van der Waals surface area contributed by atoms with Crippen molar-refractivity contribution in [1.82, 2.24) is 5.32 Å². The summed E-state index contributed by atoms with van der Waals surface area (Å²) in [6, 6.07) is -0.899. The highest BCUT2D eigenvalue weighted by Crippen LogP contribution is 2.38. The van der Waals surface area contributed by atoms with Crippen molar-refractivity contribution in [3.8, 4) is 0 Å². The van der Waals surface area contributed by atoms with Gasteiger partial charge in [0.05, 0.1) is 33.8 Å². The van der Waals surface area contributed by atoms with Crippen LogP contribution in [0.1, 0.15) is 265 Å². The third-order valence-electron chi connectivity index (χ3n) is 13.0. The van der Waals surface area contributed by atoms with Gasteiger partial charge in [-0.1, -0.05) is 236 Å². The molecule has 0 rings (SSSR count). The van der Waals surface area contributed by atoms with Crippen molar-refractivity contribution in [3.05, 3.63) is 60.8 Å². The Morgan fingerprint density at radius 1 is 0.507 bits per heavy atom. The fraction of sp³-hybridized carbons (Fsp3) is 0.803. The lowest BCUT2D eigenvalue weighted by molar-refractivity contribution is -0.870. The molecule has 414 valence electrons. The van der Waals surface area contributed by atoms with Gasteiger partial charge in [0.1, 0.15) is 19.3 Å². The molecule has 0 aromatic carbocycles. The number of allylic oxidation sites excluding steroid dienone is 9. The standard InChI is InChI=1S/C61H113N2O7P/c1-7-10-13-16-19-22-25-28-29-30-31-32-33-36-39-42-45-48-51-54-61(65)70-59(52-49-46-43-40-37-34-26-23-20-17-14-11-8-2)58(57-69-71(66,67)68-56-55-63(4,5)6)62-60(64)53-50-47-44-41-38-35-27-24-21-18-15-12-9-3/h12,15,18,21,24,27-29,49,52,58-59H,7-11,13-14,16-17,19-20,22-23,25-26,30-48,50-51,53-57H2,1-6H3,(H-,62,64,66,67)/b15-12+,21-18+,27-24-,29-28+,52-49-. The second-order valence-corrected chi connectivity index (χ2v) is 22.6. The zero-order valence-corrected chi connectivity index (χ0v) is 48.1. The molecule has 3 unspecified atom stereocenters. The molecular weight excluding hydrogens is 904 g/mol. The van der Waals surface area contributed by atoms with Crippen LogP contribution in [0.2, 0.25) is 0 Å². The summed E-state index contributed by atoms with van der Waals surface area (Å²) >= 11 is 0. The Hall–Kier alpha value is -2.29. The lowest BCUT2D eigenvalue weighted by Crippen LogP contribution is -2.47. The topological polar surface area (TPSA) is 114 Å². The van der Waals surface area contributed by atoms with Crippen LogP contribution in [0.15, 0.2) is 60.8 Å². The number of carbonyl (C=O) groups excluding carboxylic acids is 2. The van der Waals surface area contributed by atoms with E-state index in [1.165, 1.54) is 148 Å². The molecule has 0 heterocycles. The maximum absolute atomic E-state index is 13.5. The van der Waals surface area contributed by atoms with Gasteiger partial charge in [0.2, 0.25) is 5.91 Å². The second kappa shape index (κ2) is 51.2. The number of hydrogen-bond donors (Lipinski definition) is 1. The molecule has 0 saturated heterocycles. The van der Waals surface area contributed by atoms with E-state index in [4.69, 9.17) is 13.8 Å². The average Bonchev–Trinajstić information content (AvgIpc) is 3.33. The molecule has 0 fully saturated rings. The molecule has 0 aromatic rings. The summed E-state index contributed by atoms with van der Waals surface area (Å²) in [5, 5.41) is 3.01. The van der Waals surface area contributed by atoms with E-state index in [-0.39, 0.29) is 24.9 Å². The molecule has 0 radical (unpaired) electrons. The molecule has 0 aromatic heterocycles. The van der Waals surface area contributed by atoms with Gasteiger partial charge in [-0.2, -0.15) is 0 Å². The second-order valence-electron chi connectivity index (χ2n) is 21.2. The zero-order valence-electron chi connectivity index (χ0n) is 47.2. The van der Waals surface area contributed by atoms with Crippen molar-refractivity contribution in [2.45, 2.75) is 277 Å². The molecule has 9 nitrogen and oxygen atoms in total. The first-order valence-electron chi connectivity index (χ1n) is 29.6. The van der Waals surface area contributed by atoms with Gasteiger partial charge in [0, 0.05) is 12.8 Å². The van der Waals surface area contributed by atoms with Crippen LogP contribution >= 0.6 is 7.82 Å². The van der Waals surface area contributed by atoms with E-state index in [1.807, 2.05) is 39.4 Å². The predicted molar refractivity (Wildman–Crippen MR) is 302 cm³/mol. The first-order chi connectivity index (χ1) is 34.4. The van der Waals surface area contributed by atoms with E-state index in [1.54, 1.807) is 0 Å². The van der Waals surface area contributed by atoms with Crippen LogP contribution in [0.25, 0.3) is 0 Å². The Labute approximate surface area is 439 Å². The van der Waals surface area contributed by atoms with E-state index in [0.717, 1.165) is 77.0 Å². The number of nitrogens with one attached hydrogen (secondary N) is 1. The van der Waals surface area contributed by atoms with Crippen LogP contribution in [0.4, 0.5) is 0 Å². The van der Waals surface area contributed by atoms with Crippen LogP contribution in [0.3, 0.4) is 0 Å². The van der Waals surface area contributed by atoms with Crippen molar-refractivity contribution < 1.29 is 37.3 Å². The van der Waals surface area contributed by atoms with E-state index < -0.39 is 26.6 Å². The highest BCUT2D eigenvalue weighted by molar-refractivity contribution is 7.45. The van der Waals surface area contributed by atoms with Crippen LogP contribution in [-0.4, -0.2) is 69.4 Å². The highest BCUT2D eigenvalue weighted by Gasteiger charge is 2.27. The lowest BCUT2D eigenvalue weighted by atomic mass is 10.0. The van der Waals surface area contributed by atoms with Crippen molar-refractivity contribution in [3.63, 3.8) is 0 Å².